The normalized spacial score (nSPS) is 13.3. The van der Waals surface area contributed by atoms with Crippen molar-refractivity contribution in [2.45, 2.75) is 12.8 Å². The van der Waals surface area contributed by atoms with Crippen molar-refractivity contribution in [1.82, 2.24) is 0 Å². The van der Waals surface area contributed by atoms with Crippen LogP contribution in [0, 0.1) is 0 Å². The third-order valence-electron chi connectivity index (χ3n) is 4.29. The fourth-order valence-electron chi connectivity index (χ4n) is 3.04. The van der Waals surface area contributed by atoms with E-state index in [-0.39, 0.29) is 19.2 Å². The molecule has 0 unspecified atom stereocenters. The van der Waals surface area contributed by atoms with E-state index in [1.807, 2.05) is 30.3 Å². The van der Waals surface area contributed by atoms with Gasteiger partial charge in [-0.3, -0.25) is 15.3 Å². The monoisotopic (exact) mass is 374 g/mol. The van der Waals surface area contributed by atoms with Crippen LogP contribution in [0.15, 0.2) is 36.4 Å². The minimum Gasteiger partial charge on any atom is -0.496 e. The Morgan fingerprint density at radius 2 is 1.96 bits per heavy atom. The van der Waals surface area contributed by atoms with Gasteiger partial charge in [-0.15, -0.1) is 0 Å². The van der Waals surface area contributed by atoms with Gasteiger partial charge in [0.2, 0.25) is 5.91 Å². The SMILES string of the molecule is COc1cc2c(cc1-c1ccc(Cl)cc1)CCC(=O)N2CC(=O)OCN. The molecule has 3 rings (SSSR count). The van der Waals surface area contributed by atoms with Crippen molar-refractivity contribution in [2.75, 3.05) is 25.3 Å². The number of rotatable bonds is 5. The first-order chi connectivity index (χ1) is 12.5. The van der Waals surface area contributed by atoms with Gasteiger partial charge in [0, 0.05) is 23.1 Å². The zero-order valence-corrected chi connectivity index (χ0v) is 15.1. The minimum absolute atomic E-state index is 0.132. The molecule has 1 aliphatic heterocycles. The number of hydrogen-bond donors (Lipinski definition) is 1. The second kappa shape index (κ2) is 7.76. The number of benzene rings is 2. The van der Waals surface area contributed by atoms with E-state index >= 15 is 0 Å². The van der Waals surface area contributed by atoms with Crippen LogP contribution in [0.3, 0.4) is 0 Å². The summed E-state index contributed by atoms with van der Waals surface area (Å²) in [5.74, 6) is -0.0693. The van der Waals surface area contributed by atoms with E-state index < -0.39 is 5.97 Å². The van der Waals surface area contributed by atoms with Crippen LogP contribution in [-0.2, 0) is 20.7 Å². The Morgan fingerprint density at radius 1 is 1.23 bits per heavy atom. The highest BCUT2D eigenvalue weighted by Gasteiger charge is 2.28. The number of carbonyl (C=O) groups excluding carboxylic acids is 2. The number of carbonyl (C=O) groups is 2. The molecule has 6 nitrogen and oxygen atoms in total. The standard InChI is InChI=1S/C19H19ClN2O4/c1-25-17-9-16-13(8-15(17)12-2-5-14(20)6-3-12)4-7-18(23)22(16)10-19(24)26-11-21/h2-3,5-6,8-9H,4,7,10-11,21H2,1H3. The molecule has 136 valence electrons. The number of fused-ring (bicyclic) bond motifs is 1. The number of halogens is 1. The van der Waals surface area contributed by atoms with E-state index in [2.05, 4.69) is 0 Å². The van der Waals surface area contributed by atoms with Gasteiger partial charge in [0.05, 0.1) is 12.8 Å². The summed E-state index contributed by atoms with van der Waals surface area (Å²) in [6.45, 7) is -0.390. The number of aryl methyl sites for hydroxylation is 1. The Balaban J connectivity index is 2.02. The smallest absolute Gasteiger partial charge is 0.327 e. The first-order valence-electron chi connectivity index (χ1n) is 8.16. The second-order valence-electron chi connectivity index (χ2n) is 5.85. The first-order valence-corrected chi connectivity index (χ1v) is 8.54. The van der Waals surface area contributed by atoms with E-state index in [4.69, 9.17) is 26.8 Å². The van der Waals surface area contributed by atoms with Crippen molar-refractivity contribution in [3.63, 3.8) is 0 Å². The lowest BCUT2D eigenvalue weighted by molar-refractivity contribution is -0.142. The summed E-state index contributed by atoms with van der Waals surface area (Å²) in [7, 11) is 1.57. The summed E-state index contributed by atoms with van der Waals surface area (Å²) in [6, 6.07) is 11.2. The number of nitrogens with two attached hydrogens (primary N) is 1. The zero-order valence-electron chi connectivity index (χ0n) is 14.3. The van der Waals surface area contributed by atoms with Crippen molar-refractivity contribution in [3.8, 4) is 16.9 Å². The Morgan fingerprint density at radius 3 is 2.62 bits per heavy atom. The van der Waals surface area contributed by atoms with Crippen LogP contribution in [0.5, 0.6) is 5.75 Å². The van der Waals surface area contributed by atoms with Crippen molar-refractivity contribution < 1.29 is 19.1 Å². The molecule has 1 heterocycles. The van der Waals surface area contributed by atoms with E-state index in [0.717, 1.165) is 16.7 Å². The summed E-state index contributed by atoms with van der Waals surface area (Å²) < 4.78 is 10.3. The van der Waals surface area contributed by atoms with Gasteiger partial charge in [-0.25, -0.2) is 0 Å². The molecule has 0 radical (unpaired) electrons. The van der Waals surface area contributed by atoms with Crippen LogP contribution in [0.25, 0.3) is 11.1 Å². The zero-order chi connectivity index (χ0) is 18.7. The number of anilines is 1. The Hall–Kier alpha value is -2.57. The molecule has 0 atom stereocenters. The maximum absolute atomic E-state index is 12.3. The van der Waals surface area contributed by atoms with Gasteiger partial charge in [-0.2, -0.15) is 0 Å². The molecule has 26 heavy (non-hydrogen) atoms. The first kappa shape index (κ1) is 18.2. The van der Waals surface area contributed by atoms with E-state index in [0.29, 0.717) is 29.3 Å². The fraction of sp³-hybridized carbons (Fsp3) is 0.263. The number of esters is 1. The minimum atomic E-state index is -0.547. The van der Waals surface area contributed by atoms with Crippen LogP contribution in [0.2, 0.25) is 5.02 Å². The largest absolute Gasteiger partial charge is 0.496 e. The van der Waals surface area contributed by atoms with Gasteiger partial charge < -0.3 is 14.4 Å². The predicted molar refractivity (Wildman–Crippen MR) is 99.3 cm³/mol. The summed E-state index contributed by atoms with van der Waals surface area (Å²) in [5.41, 5.74) is 8.72. The number of hydrogen-bond acceptors (Lipinski definition) is 5. The van der Waals surface area contributed by atoms with Crippen LogP contribution >= 0.6 is 11.6 Å². The van der Waals surface area contributed by atoms with E-state index in [1.165, 1.54) is 4.90 Å². The van der Waals surface area contributed by atoms with Crippen molar-refractivity contribution >= 4 is 29.2 Å². The average molecular weight is 375 g/mol. The molecule has 0 saturated carbocycles. The van der Waals surface area contributed by atoms with Gasteiger partial charge in [0.15, 0.2) is 0 Å². The molecule has 2 N–H and O–H groups in total. The van der Waals surface area contributed by atoms with Crippen molar-refractivity contribution in [3.05, 3.63) is 47.0 Å². The Kier molecular flexibility index (Phi) is 5.44. The third kappa shape index (κ3) is 3.66. The molecule has 0 aromatic heterocycles. The Labute approximate surface area is 156 Å². The molecule has 2 aromatic rings. The lowest BCUT2D eigenvalue weighted by Gasteiger charge is -2.29. The third-order valence-corrected chi connectivity index (χ3v) is 4.54. The highest BCUT2D eigenvalue weighted by atomic mass is 35.5. The Bertz CT molecular complexity index is 836. The molecule has 7 heteroatoms. The van der Waals surface area contributed by atoms with Crippen molar-refractivity contribution in [2.24, 2.45) is 5.73 Å². The summed E-state index contributed by atoms with van der Waals surface area (Å²) in [5, 5.41) is 0.654. The molecule has 0 aliphatic carbocycles. The van der Waals surface area contributed by atoms with Crippen LogP contribution < -0.4 is 15.4 Å². The van der Waals surface area contributed by atoms with Crippen molar-refractivity contribution in [1.29, 1.82) is 0 Å². The maximum Gasteiger partial charge on any atom is 0.327 e. The summed E-state index contributed by atoms with van der Waals surface area (Å²) in [4.78, 5) is 25.5. The fourth-order valence-corrected chi connectivity index (χ4v) is 3.17. The lowest BCUT2D eigenvalue weighted by Crippen LogP contribution is -2.40. The number of amides is 1. The molecule has 1 aliphatic rings. The lowest BCUT2D eigenvalue weighted by atomic mass is 9.95. The van der Waals surface area contributed by atoms with E-state index in [1.54, 1.807) is 13.2 Å². The number of methoxy groups -OCH3 is 1. The predicted octanol–water partition coefficient (Wildman–Crippen LogP) is 2.75. The number of nitrogens with zero attached hydrogens (tertiary/aromatic N) is 1. The molecule has 2 aromatic carbocycles. The maximum atomic E-state index is 12.3. The van der Waals surface area contributed by atoms with Crippen LogP contribution in [0.4, 0.5) is 5.69 Å². The molecule has 0 bridgehead atoms. The molecular weight excluding hydrogens is 356 g/mol. The van der Waals surface area contributed by atoms with Gasteiger partial charge in [-0.05, 0) is 35.7 Å². The quantitative estimate of drug-likeness (QED) is 0.642. The average Bonchev–Trinajstić information content (AvgIpc) is 2.64. The number of ether oxygens (including phenoxy) is 2. The van der Waals surface area contributed by atoms with Gasteiger partial charge in [-0.1, -0.05) is 23.7 Å². The molecular formula is C19H19ClN2O4. The van der Waals surface area contributed by atoms with Gasteiger partial charge >= 0.3 is 5.97 Å². The van der Waals surface area contributed by atoms with Gasteiger partial charge in [0.1, 0.15) is 19.0 Å². The second-order valence-corrected chi connectivity index (χ2v) is 6.29. The topological polar surface area (TPSA) is 81.9 Å². The molecule has 1 amide bonds. The molecule has 0 fully saturated rings. The van der Waals surface area contributed by atoms with E-state index in [9.17, 15) is 9.59 Å². The molecule has 0 spiro atoms. The highest BCUT2D eigenvalue weighted by Crippen LogP contribution is 2.39. The molecule has 0 saturated heterocycles. The highest BCUT2D eigenvalue weighted by molar-refractivity contribution is 6.30. The summed E-state index contributed by atoms with van der Waals surface area (Å²) >= 11 is 5.97. The summed E-state index contributed by atoms with van der Waals surface area (Å²) in [6.07, 6.45) is 0.927. The van der Waals surface area contributed by atoms with Gasteiger partial charge in [0.25, 0.3) is 0 Å². The van der Waals surface area contributed by atoms with Crippen LogP contribution in [-0.4, -0.2) is 32.3 Å². The van der Waals surface area contributed by atoms with Crippen LogP contribution in [0.1, 0.15) is 12.0 Å².